The SMILES string of the molecule is CN(C)[C@H](CNC(=O)Cc1ccccc1[N+](=O)[O-])c1cccs1. The van der Waals surface area contributed by atoms with Crippen molar-refractivity contribution < 1.29 is 9.72 Å². The molecule has 7 heteroatoms. The number of hydrogen-bond acceptors (Lipinski definition) is 5. The van der Waals surface area contributed by atoms with Gasteiger partial charge in [0.15, 0.2) is 0 Å². The van der Waals surface area contributed by atoms with Crippen molar-refractivity contribution in [1.29, 1.82) is 0 Å². The Morgan fingerprint density at radius 3 is 2.65 bits per heavy atom. The minimum absolute atomic E-state index is 0.00173. The maximum Gasteiger partial charge on any atom is 0.273 e. The number of carbonyl (C=O) groups is 1. The highest BCUT2D eigenvalue weighted by Crippen LogP contribution is 2.22. The zero-order valence-electron chi connectivity index (χ0n) is 13.1. The Balaban J connectivity index is 1.99. The van der Waals surface area contributed by atoms with Gasteiger partial charge in [-0.2, -0.15) is 0 Å². The normalized spacial score (nSPS) is 12.1. The summed E-state index contributed by atoms with van der Waals surface area (Å²) in [4.78, 5) is 25.9. The average molecular weight is 333 g/mol. The summed E-state index contributed by atoms with van der Waals surface area (Å²) in [6.45, 7) is 0.465. The van der Waals surface area contributed by atoms with E-state index in [-0.39, 0.29) is 24.1 Å². The maximum atomic E-state index is 12.1. The van der Waals surface area contributed by atoms with Crippen molar-refractivity contribution in [3.63, 3.8) is 0 Å². The molecule has 1 aromatic heterocycles. The lowest BCUT2D eigenvalue weighted by atomic mass is 10.1. The highest BCUT2D eigenvalue weighted by Gasteiger charge is 2.18. The van der Waals surface area contributed by atoms with E-state index in [0.29, 0.717) is 12.1 Å². The first-order valence-electron chi connectivity index (χ1n) is 7.18. The Bertz CT molecular complexity index is 671. The molecule has 0 bridgehead atoms. The van der Waals surface area contributed by atoms with E-state index in [1.807, 2.05) is 36.5 Å². The minimum Gasteiger partial charge on any atom is -0.354 e. The van der Waals surface area contributed by atoms with Crippen molar-refractivity contribution in [2.24, 2.45) is 0 Å². The molecule has 0 spiro atoms. The zero-order valence-corrected chi connectivity index (χ0v) is 13.9. The van der Waals surface area contributed by atoms with Crippen LogP contribution in [0.5, 0.6) is 0 Å². The van der Waals surface area contributed by atoms with Gasteiger partial charge in [-0.3, -0.25) is 14.9 Å². The quantitative estimate of drug-likeness (QED) is 0.624. The summed E-state index contributed by atoms with van der Waals surface area (Å²) in [5.41, 5.74) is 0.401. The number of likely N-dealkylation sites (N-methyl/N-ethyl adjacent to an activating group) is 1. The monoisotopic (exact) mass is 333 g/mol. The summed E-state index contributed by atoms with van der Waals surface area (Å²) in [7, 11) is 3.91. The summed E-state index contributed by atoms with van der Waals surface area (Å²) in [6.07, 6.45) is 0.00173. The zero-order chi connectivity index (χ0) is 16.8. The number of rotatable bonds is 7. The Morgan fingerprint density at radius 1 is 1.30 bits per heavy atom. The fourth-order valence-electron chi connectivity index (χ4n) is 2.30. The number of nitro benzene ring substituents is 1. The number of nitro groups is 1. The molecule has 0 saturated heterocycles. The van der Waals surface area contributed by atoms with Gasteiger partial charge in [0.25, 0.3) is 5.69 Å². The number of carbonyl (C=O) groups excluding carboxylic acids is 1. The number of thiophene rings is 1. The first kappa shape index (κ1) is 17.1. The van der Waals surface area contributed by atoms with Crippen LogP contribution >= 0.6 is 11.3 Å². The van der Waals surface area contributed by atoms with Crippen LogP contribution in [0, 0.1) is 10.1 Å². The third-order valence-electron chi connectivity index (χ3n) is 3.53. The molecule has 2 rings (SSSR count). The third kappa shape index (κ3) is 4.61. The first-order chi connectivity index (χ1) is 11.0. The molecule has 23 heavy (non-hydrogen) atoms. The number of amides is 1. The fraction of sp³-hybridized carbons (Fsp3) is 0.312. The smallest absolute Gasteiger partial charge is 0.273 e. The topological polar surface area (TPSA) is 75.5 Å². The fourth-order valence-corrected chi connectivity index (χ4v) is 3.23. The van der Waals surface area contributed by atoms with E-state index in [1.54, 1.807) is 29.5 Å². The van der Waals surface area contributed by atoms with Crippen LogP contribution in [0.2, 0.25) is 0 Å². The molecule has 0 fully saturated rings. The lowest BCUT2D eigenvalue weighted by Crippen LogP contribution is -2.35. The van der Waals surface area contributed by atoms with Crippen LogP contribution in [0.4, 0.5) is 5.69 Å². The number of nitrogens with one attached hydrogen (secondary N) is 1. The minimum atomic E-state index is -0.461. The predicted octanol–water partition coefficient (Wildman–Crippen LogP) is 2.62. The van der Waals surface area contributed by atoms with Gasteiger partial charge in [-0.05, 0) is 25.5 Å². The molecule has 0 aliphatic carbocycles. The molecule has 1 N–H and O–H groups in total. The second-order valence-electron chi connectivity index (χ2n) is 5.36. The Kier molecular flexibility index (Phi) is 5.84. The molecule has 0 saturated carbocycles. The van der Waals surface area contributed by atoms with E-state index in [2.05, 4.69) is 5.32 Å². The van der Waals surface area contributed by atoms with Gasteiger partial charge in [-0.1, -0.05) is 24.3 Å². The number of nitrogens with zero attached hydrogens (tertiary/aromatic N) is 2. The largest absolute Gasteiger partial charge is 0.354 e. The van der Waals surface area contributed by atoms with Gasteiger partial charge in [-0.15, -0.1) is 11.3 Å². The standard InChI is InChI=1S/C16H19N3O3S/c1-18(2)14(15-8-5-9-23-15)11-17-16(20)10-12-6-3-4-7-13(12)19(21)22/h3-9,14H,10-11H2,1-2H3,(H,17,20)/t14-/m1/s1. The maximum absolute atomic E-state index is 12.1. The molecule has 122 valence electrons. The van der Waals surface area contributed by atoms with Gasteiger partial charge >= 0.3 is 0 Å². The van der Waals surface area contributed by atoms with Gasteiger partial charge in [0.05, 0.1) is 17.4 Å². The molecule has 6 nitrogen and oxygen atoms in total. The van der Waals surface area contributed by atoms with Crippen LogP contribution in [0.1, 0.15) is 16.5 Å². The highest BCUT2D eigenvalue weighted by atomic mass is 32.1. The van der Waals surface area contributed by atoms with Gasteiger partial charge in [0.2, 0.25) is 5.91 Å². The van der Waals surface area contributed by atoms with E-state index >= 15 is 0 Å². The molecule has 1 amide bonds. The summed E-state index contributed by atoms with van der Waals surface area (Å²) < 4.78 is 0. The molecule has 0 unspecified atom stereocenters. The van der Waals surface area contributed by atoms with Gasteiger partial charge in [0.1, 0.15) is 0 Å². The van der Waals surface area contributed by atoms with Crippen molar-refractivity contribution in [3.8, 4) is 0 Å². The van der Waals surface area contributed by atoms with E-state index in [0.717, 1.165) is 0 Å². The van der Waals surface area contributed by atoms with E-state index in [9.17, 15) is 14.9 Å². The molecular formula is C16H19N3O3S. The molecule has 1 atom stereocenters. The van der Waals surface area contributed by atoms with E-state index in [4.69, 9.17) is 0 Å². The van der Waals surface area contributed by atoms with Crippen LogP contribution in [-0.4, -0.2) is 36.4 Å². The number of benzene rings is 1. The van der Waals surface area contributed by atoms with Gasteiger partial charge < -0.3 is 10.2 Å². The lowest BCUT2D eigenvalue weighted by Gasteiger charge is -2.23. The van der Waals surface area contributed by atoms with Crippen molar-refractivity contribution in [2.45, 2.75) is 12.5 Å². The summed E-state index contributed by atoms with van der Waals surface area (Å²) in [5, 5.41) is 15.9. The third-order valence-corrected chi connectivity index (χ3v) is 4.50. The molecule has 0 radical (unpaired) electrons. The Morgan fingerprint density at radius 2 is 2.04 bits per heavy atom. The molecule has 0 aliphatic heterocycles. The van der Waals surface area contributed by atoms with Gasteiger partial charge in [0, 0.05) is 23.1 Å². The Labute approximate surface area is 138 Å². The van der Waals surface area contributed by atoms with E-state index in [1.165, 1.54) is 10.9 Å². The molecular weight excluding hydrogens is 314 g/mol. The number of hydrogen-bond donors (Lipinski definition) is 1. The Hall–Kier alpha value is -2.25. The van der Waals surface area contributed by atoms with E-state index < -0.39 is 4.92 Å². The summed E-state index contributed by atoms with van der Waals surface area (Å²) in [5.74, 6) is -0.220. The first-order valence-corrected chi connectivity index (χ1v) is 8.06. The molecule has 2 aromatic rings. The van der Waals surface area contributed by atoms with Crippen LogP contribution in [0.15, 0.2) is 41.8 Å². The summed E-state index contributed by atoms with van der Waals surface area (Å²) in [6, 6.07) is 10.4. The average Bonchev–Trinajstić information content (AvgIpc) is 3.01. The molecule has 1 aromatic carbocycles. The van der Waals surface area contributed by atoms with Crippen LogP contribution in [0.25, 0.3) is 0 Å². The van der Waals surface area contributed by atoms with Crippen molar-refractivity contribution in [1.82, 2.24) is 10.2 Å². The second-order valence-corrected chi connectivity index (χ2v) is 6.34. The van der Waals surface area contributed by atoms with Crippen molar-refractivity contribution >= 4 is 22.9 Å². The summed E-state index contributed by atoms with van der Waals surface area (Å²) >= 11 is 1.64. The number of para-hydroxylation sites is 1. The van der Waals surface area contributed by atoms with Crippen molar-refractivity contribution in [2.75, 3.05) is 20.6 Å². The van der Waals surface area contributed by atoms with Crippen molar-refractivity contribution in [3.05, 3.63) is 62.3 Å². The lowest BCUT2D eigenvalue weighted by molar-refractivity contribution is -0.385. The molecule has 1 heterocycles. The van der Waals surface area contributed by atoms with Gasteiger partial charge in [-0.25, -0.2) is 0 Å². The molecule has 0 aliphatic rings. The second kappa shape index (κ2) is 7.85. The van der Waals surface area contributed by atoms with Crippen LogP contribution < -0.4 is 5.32 Å². The van der Waals surface area contributed by atoms with Crippen LogP contribution in [0.3, 0.4) is 0 Å². The predicted molar refractivity (Wildman–Crippen MR) is 90.6 cm³/mol. The van der Waals surface area contributed by atoms with Crippen LogP contribution in [-0.2, 0) is 11.2 Å². The highest BCUT2D eigenvalue weighted by molar-refractivity contribution is 7.10.